The predicted molar refractivity (Wildman–Crippen MR) is 131 cm³/mol. The van der Waals surface area contributed by atoms with Gasteiger partial charge in [0.2, 0.25) is 0 Å². The Balaban J connectivity index is 1.74. The maximum Gasteiger partial charge on any atom is 0.352 e. The number of ether oxygens (including phenoxy) is 2. The average Bonchev–Trinajstić information content (AvgIpc) is 2.82. The molecule has 0 saturated carbocycles. The van der Waals surface area contributed by atoms with E-state index in [-0.39, 0.29) is 17.1 Å². The van der Waals surface area contributed by atoms with Crippen molar-refractivity contribution >= 4 is 40.3 Å². The number of benzene rings is 2. The second-order valence-corrected chi connectivity index (χ2v) is 8.20. The Morgan fingerprint density at radius 1 is 1.12 bits per heavy atom. The topological polar surface area (TPSA) is 89.6 Å². The summed E-state index contributed by atoms with van der Waals surface area (Å²) >= 11 is 1.95. The molecule has 0 bridgehead atoms. The van der Waals surface area contributed by atoms with Crippen LogP contribution in [0.2, 0.25) is 0 Å². The molecule has 0 saturated heterocycles. The van der Waals surface area contributed by atoms with Crippen molar-refractivity contribution in [3.63, 3.8) is 0 Å². The Bertz CT molecular complexity index is 1110. The molecular weight excluding hydrogens is 540 g/mol. The summed E-state index contributed by atoms with van der Waals surface area (Å²) in [7, 11) is 1.63. The molecule has 0 aliphatic heterocycles. The molecule has 3 aromatic rings. The molecule has 1 amide bonds. The van der Waals surface area contributed by atoms with Crippen molar-refractivity contribution in [1.82, 2.24) is 10.3 Å². The van der Waals surface area contributed by atoms with E-state index in [9.17, 15) is 14.0 Å². The molecular formula is C24H23FIN3O4. The van der Waals surface area contributed by atoms with Gasteiger partial charge in [-0.2, -0.15) is 0 Å². The van der Waals surface area contributed by atoms with Crippen LogP contribution in [0.3, 0.4) is 0 Å². The van der Waals surface area contributed by atoms with Crippen LogP contribution in [-0.4, -0.2) is 36.6 Å². The highest BCUT2D eigenvalue weighted by Crippen LogP contribution is 2.30. The van der Waals surface area contributed by atoms with Crippen LogP contribution in [0.4, 0.5) is 10.2 Å². The number of hydrogen-bond donors (Lipinski definition) is 2. The van der Waals surface area contributed by atoms with Gasteiger partial charge in [-0.05, 0) is 65.8 Å². The second kappa shape index (κ2) is 11.6. The first kappa shape index (κ1) is 24.4. The van der Waals surface area contributed by atoms with Crippen LogP contribution in [0.25, 0.3) is 0 Å². The van der Waals surface area contributed by atoms with Crippen molar-refractivity contribution < 1.29 is 23.5 Å². The zero-order chi connectivity index (χ0) is 23.8. The normalized spacial score (nSPS) is 11.4. The summed E-state index contributed by atoms with van der Waals surface area (Å²) in [5, 5.41) is 5.72. The largest absolute Gasteiger partial charge is 0.479 e. The van der Waals surface area contributed by atoms with Gasteiger partial charge in [0.1, 0.15) is 22.9 Å². The molecule has 0 fully saturated rings. The number of aromatic nitrogens is 1. The molecule has 0 aliphatic rings. The van der Waals surface area contributed by atoms with E-state index < -0.39 is 23.8 Å². The first-order chi connectivity index (χ1) is 15.9. The molecule has 1 unspecified atom stereocenters. The zero-order valence-corrected chi connectivity index (χ0v) is 20.3. The molecule has 0 radical (unpaired) electrons. The van der Waals surface area contributed by atoms with E-state index in [1.165, 1.54) is 37.4 Å². The quantitative estimate of drug-likeness (QED) is 0.300. The smallest absolute Gasteiger partial charge is 0.352 e. The number of amides is 1. The Morgan fingerprint density at radius 3 is 2.48 bits per heavy atom. The molecule has 1 aromatic heterocycles. The molecule has 0 spiro atoms. The van der Waals surface area contributed by atoms with Crippen molar-refractivity contribution in [2.24, 2.45) is 0 Å². The number of nitrogens with zero attached hydrogens (tertiary/aromatic N) is 1. The maximum absolute atomic E-state index is 13.1. The number of esters is 1. The van der Waals surface area contributed by atoms with E-state index in [4.69, 9.17) is 9.47 Å². The molecule has 0 aliphatic carbocycles. The lowest BCUT2D eigenvalue weighted by Gasteiger charge is -2.18. The van der Waals surface area contributed by atoms with E-state index in [2.05, 4.69) is 15.6 Å². The van der Waals surface area contributed by atoms with Crippen LogP contribution < -0.4 is 20.1 Å². The van der Waals surface area contributed by atoms with Crippen molar-refractivity contribution in [1.29, 1.82) is 0 Å². The Kier molecular flexibility index (Phi) is 8.58. The second-order valence-electron chi connectivity index (χ2n) is 7.04. The lowest BCUT2D eigenvalue weighted by atomic mass is 10.1. The number of rotatable bonds is 9. The van der Waals surface area contributed by atoms with Crippen LogP contribution in [0.15, 0.2) is 60.8 Å². The summed E-state index contributed by atoms with van der Waals surface area (Å²) in [5.41, 5.74) is 1.21. The lowest BCUT2D eigenvalue weighted by molar-refractivity contribution is -0.141. The monoisotopic (exact) mass is 563 g/mol. The van der Waals surface area contributed by atoms with Gasteiger partial charge in [0.25, 0.3) is 5.91 Å². The van der Waals surface area contributed by atoms with Gasteiger partial charge in [-0.1, -0.05) is 30.3 Å². The fourth-order valence-electron chi connectivity index (χ4n) is 2.97. The number of hydrogen-bond acceptors (Lipinski definition) is 6. The van der Waals surface area contributed by atoms with Gasteiger partial charge in [-0.3, -0.25) is 4.79 Å². The molecule has 9 heteroatoms. The third kappa shape index (κ3) is 6.64. The van der Waals surface area contributed by atoms with Crippen LogP contribution >= 0.6 is 22.6 Å². The van der Waals surface area contributed by atoms with Gasteiger partial charge in [0.15, 0.2) is 11.9 Å². The van der Waals surface area contributed by atoms with Crippen LogP contribution in [0.5, 0.6) is 11.5 Å². The fraction of sp³-hybridized carbons (Fsp3) is 0.208. The molecule has 3 rings (SSSR count). The highest BCUT2D eigenvalue weighted by atomic mass is 127. The molecule has 172 valence electrons. The van der Waals surface area contributed by atoms with Crippen LogP contribution in [0.1, 0.15) is 22.8 Å². The predicted octanol–water partition coefficient (Wildman–Crippen LogP) is 4.21. The van der Waals surface area contributed by atoms with Gasteiger partial charge < -0.3 is 20.1 Å². The third-order valence-electron chi connectivity index (χ3n) is 4.65. The lowest BCUT2D eigenvalue weighted by Crippen LogP contribution is -2.31. The van der Waals surface area contributed by atoms with Gasteiger partial charge in [-0.15, -0.1) is 0 Å². The van der Waals surface area contributed by atoms with Gasteiger partial charge in [0.05, 0.1) is 3.57 Å². The summed E-state index contributed by atoms with van der Waals surface area (Å²) in [6.07, 6.45) is 1.16. The number of carbonyl (C=O) groups excluding carboxylic acids is 2. The average molecular weight is 563 g/mol. The minimum absolute atomic E-state index is 0.0896. The third-order valence-corrected chi connectivity index (χ3v) is 5.42. The Labute approximate surface area is 204 Å². The molecule has 33 heavy (non-hydrogen) atoms. The SMILES string of the molecule is CNc1ncc(I)c(OC(=O)C(C)Oc2ccc(F)cc2)c1C(=O)NCCc1ccccc1. The minimum atomic E-state index is -0.994. The first-order valence-electron chi connectivity index (χ1n) is 10.2. The highest BCUT2D eigenvalue weighted by Gasteiger charge is 2.26. The molecule has 2 aromatic carbocycles. The summed E-state index contributed by atoms with van der Waals surface area (Å²) in [6.45, 7) is 1.91. The summed E-state index contributed by atoms with van der Waals surface area (Å²) < 4.78 is 24.7. The highest BCUT2D eigenvalue weighted by molar-refractivity contribution is 14.1. The van der Waals surface area contributed by atoms with Crippen molar-refractivity contribution in [3.05, 3.63) is 81.3 Å². The van der Waals surface area contributed by atoms with Gasteiger partial charge >= 0.3 is 5.97 Å². The van der Waals surface area contributed by atoms with E-state index in [0.29, 0.717) is 22.3 Å². The summed E-state index contributed by atoms with van der Waals surface area (Å²) in [4.78, 5) is 30.0. The number of carbonyl (C=O) groups is 2. The van der Waals surface area contributed by atoms with Crippen molar-refractivity contribution in [2.75, 3.05) is 18.9 Å². The Morgan fingerprint density at radius 2 is 1.82 bits per heavy atom. The standard InChI is InChI=1S/C24H23FIN3O4/c1-15(32-18-10-8-17(25)9-11-18)24(31)33-21-19(26)14-29-22(27-2)20(21)23(30)28-13-12-16-6-4-3-5-7-16/h3-11,14-15H,12-13H2,1-2H3,(H,27,29)(H,28,30). The zero-order valence-electron chi connectivity index (χ0n) is 18.1. The maximum atomic E-state index is 13.1. The fourth-order valence-corrected chi connectivity index (χ4v) is 3.49. The molecule has 1 heterocycles. The first-order valence-corrected chi connectivity index (χ1v) is 11.3. The van der Waals surface area contributed by atoms with Gasteiger partial charge in [-0.25, -0.2) is 14.2 Å². The van der Waals surface area contributed by atoms with E-state index >= 15 is 0 Å². The summed E-state index contributed by atoms with van der Waals surface area (Å²) in [6, 6.07) is 15.1. The molecule has 7 nitrogen and oxygen atoms in total. The minimum Gasteiger partial charge on any atom is -0.479 e. The Hall–Kier alpha value is -3.21. The van der Waals surface area contributed by atoms with Crippen LogP contribution in [0, 0.1) is 9.39 Å². The van der Waals surface area contributed by atoms with E-state index in [1.54, 1.807) is 7.05 Å². The van der Waals surface area contributed by atoms with E-state index in [0.717, 1.165) is 5.56 Å². The summed E-state index contributed by atoms with van der Waals surface area (Å²) in [5.74, 6) is -0.846. The van der Waals surface area contributed by atoms with Gasteiger partial charge in [0, 0.05) is 19.8 Å². The number of halogens is 2. The molecule has 2 N–H and O–H groups in total. The molecule has 1 atom stereocenters. The number of anilines is 1. The van der Waals surface area contributed by atoms with Crippen LogP contribution in [-0.2, 0) is 11.2 Å². The number of nitrogens with one attached hydrogen (secondary N) is 2. The number of pyridine rings is 1. The van der Waals surface area contributed by atoms with E-state index in [1.807, 2.05) is 52.9 Å². The van der Waals surface area contributed by atoms with Crippen molar-refractivity contribution in [3.8, 4) is 11.5 Å². The van der Waals surface area contributed by atoms with Crippen molar-refractivity contribution in [2.45, 2.75) is 19.4 Å².